The Morgan fingerprint density at radius 3 is 0.817 bits per heavy atom. The van der Waals surface area contributed by atoms with Gasteiger partial charge < -0.3 is 63.3 Å². The summed E-state index contributed by atoms with van der Waals surface area (Å²) in [4.78, 5) is 182. The van der Waals surface area contributed by atoms with Crippen molar-refractivity contribution in [2.24, 2.45) is 0 Å². The summed E-state index contributed by atoms with van der Waals surface area (Å²) in [5.41, 5.74) is 2.68. The van der Waals surface area contributed by atoms with Gasteiger partial charge in [-0.2, -0.15) is 0 Å². The average molecular weight is 1630 g/mol. The fourth-order valence-corrected chi connectivity index (χ4v) is 12.4. The van der Waals surface area contributed by atoms with Gasteiger partial charge >= 0.3 is 59.7 Å². The van der Waals surface area contributed by atoms with E-state index in [1.807, 2.05) is 54.6 Å². The van der Waals surface area contributed by atoms with Crippen LogP contribution in [0.25, 0.3) is 21.5 Å². The lowest BCUT2D eigenvalue weighted by molar-refractivity contribution is -0.185. The molecule has 620 valence electrons. The molecule has 0 aliphatic carbocycles. The molecule has 0 saturated carbocycles. The van der Waals surface area contributed by atoms with Crippen LogP contribution in [0.2, 0.25) is 0 Å². The molecule has 0 aromatic heterocycles. The Labute approximate surface area is 692 Å². The first-order chi connectivity index (χ1) is 58.5. The van der Waals surface area contributed by atoms with Gasteiger partial charge in [-0.05, 0) is 125 Å². The number of fused-ring (bicyclic) bond motifs is 2. The van der Waals surface area contributed by atoms with Crippen LogP contribution in [-0.4, -0.2) is 134 Å². The molecule has 0 spiro atoms. The lowest BCUT2D eigenvalue weighted by atomic mass is 9.96. The highest BCUT2D eigenvalue weighted by Gasteiger charge is 2.46. The molecule has 0 unspecified atom stereocenters. The number of carbonyl (C=O) groups excluding carboxylic acids is 13. The third kappa shape index (κ3) is 27.8. The first-order valence-corrected chi connectivity index (χ1v) is 39.4. The summed E-state index contributed by atoms with van der Waals surface area (Å²) in [6, 6.07) is 73.8. The number of unbranched alkanes of at least 4 members (excludes halogenated alkanes) is 6. The molecule has 26 nitrogen and oxygen atoms in total. The fourth-order valence-electron chi connectivity index (χ4n) is 12.4. The SMILES string of the molecule is O=C(CCCCCNC(=O)c1c2ccccc2cc2ccccc12)O[C@@H](C(=O)NCCCCCC(=O)O[C@@H](C(=O)OCc1ccccc1)[C@@H](OC(=O)c1ccccc1)C(=O)OCc1ccccc1)[C@@H](OC(=O)c1ccccc1)C(=O)NCCCCCC(=O)O[C@@H](C(=O)OCc1ccccc1)[C@@H](OC(=O)c1ccccc1)C(=O)OCc1ccccc1. The Bertz CT molecular complexity index is 5030. The Kier molecular flexibility index (Phi) is 34.7. The number of rotatable bonds is 45. The molecule has 10 rings (SSSR count). The van der Waals surface area contributed by atoms with Crippen LogP contribution in [0.5, 0.6) is 0 Å². The maximum Gasteiger partial charge on any atom is 0.352 e. The highest BCUT2D eigenvalue weighted by molar-refractivity contribution is 6.18. The third-order valence-corrected chi connectivity index (χ3v) is 18.7. The van der Waals surface area contributed by atoms with Gasteiger partial charge in [-0.1, -0.05) is 244 Å². The van der Waals surface area contributed by atoms with Gasteiger partial charge in [0.15, 0.2) is 0 Å². The van der Waals surface area contributed by atoms with Crippen LogP contribution in [0.4, 0.5) is 0 Å². The molecule has 120 heavy (non-hydrogen) atoms. The number of carbonyl (C=O) groups is 13. The summed E-state index contributed by atoms with van der Waals surface area (Å²) in [6.45, 7) is -1.39. The van der Waals surface area contributed by atoms with Gasteiger partial charge in [-0.25, -0.2) is 33.6 Å². The summed E-state index contributed by atoms with van der Waals surface area (Å²) in [6.07, 6.45) is -12.3. The Balaban J connectivity index is 0.801. The molecule has 0 fully saturated rings. The topological polar surface area (TPSA) is 350 Å². The Morgan fingerprint density at radius 2 is 0.500 bits per heavy atom. The summed E-state index contributed by atoms with van der Waals surface area (Å²) in [5, 5.41) is 11.7. The molecule has 3 N–H and O–H groups in total. The van der Waals surface area contributed by atoms with Gasteiger partial charge in [-0.15, -0.1) is 0 Å². The summed E-state index contributed by atoms with van der Waals surface area (Å²) in [7, 11) is 0. The van der Waals surface area contributed by atoms with E-state index in [1.54, 1.807) is 164 Å². The quantitative estimate of drug-likeness (QED) is 0.0138. The van der Waals surface area contributed by atoms with Crippen molar-refractivity contribution in [3.63, 3.8) is 0 Å². The Hall–Kier alpha value is -14.2. The van der Waals surface area contributed by atoms with Gasteiger partial charge in [0.1, 0.15) is 26.4 Å². The van der Waals surface area contributed by atoms with Crippen LogP contribution in [0, 0.1) is 0 Å². The van der Waals surface area contributed by atoms with Crippen molar-refractivity contribution in [3.8, 4) is 0 Å². The van der Waals surface area contributed by atoms with E-state index < -0.39 is 108 Å². The molecular formula is C94H91N3O23. The normalized spacial score (nSPS) is 12.4. The molecule has 10 aromatic rings. The lowest BCUT2D eigenvalue weighted by Crippen LogP contribution is -2.53. The van der Waals surface area contributed by atoms with E-state index in [-0.39, 0.29) is 133 Å². The van der Waals surface area contributed by atoms with Gasteiger partial charge in [0.05, 0.1) is 22.3 Å². The Morgan fingerprint density at radius 1 is 0.250 bits per heavy atom. The first-order valence-electron chi connectivity index (χ1n) is 39.4. The molecule has 0 aliphatic rings. The predicted octanol–water partition coefficient (Wildman–Crippen LogP) is 13.0. The number of nitrogens with one attached hydrogen (secondary N) is 3. The number of amides is 3. The van der Waals surface area contributed by atoms with E-state index in [0.717, 1.165) is 21.5 Å². The van der Waals surface area contributed by atoms with Crippen molar-refractivity contribution in [1.29, 1.82) is 0 Å². The highest BCUT2D eigenvalue weighted by atomic mass is 16.7. The van der Waals surface area contributed by atoms with Gasteiger partial charge in [0.25, 0.3) is 17.7 Å². The van der Waals surface area contributed by atoms with E-state index in [2.05, 4.69) is 16.0 Å². The zero-order chi connectivity index (χ0) is 84.6. The average Bonchev–Trinajstić information content (AvgIpc) is 0.769. The second-order valence-electron chi connectivity index (χ2n) is 27.6. The van der Waals surface area contributed by atoms with E-state index in [9.17, 15) is 62.3 Å². The molecule has 3 amide bonds. The van der Waals surface area contributed by atoms with Crippen LogP contribution in [-0.2, 0) is 117 Å². The maximum atomic E-state index is 14.7. The minimum Gasteiger partial charge on any atom is -0.458 e. The number of esters is 10. The van der Waals surface area contributed by atoms with E-state index in [4.69, 9.17) is 47.4 Å². The minimum absolute atomic E-state index is 0.00178. The highest BCUT2D eigenvalue weighted by Crippen LogP contribution is 2.29. The van der Waals surface area contributed by atoms with Crippen molar-refractivity contribution < 1.29 is 110 Å². The monoisotopic (exact) mass is 1630 g/mol. The second-order valence-corrected chi connectivity index (χ2v) is 27.6. The van der Waals surface area contributed by atoms with Crippen LogP contribution in [0.15, 0.2) is 267 Å². The molecule has 0 bridgehead atoms. The van der Waals surface area contributed by atoms with E-state index in [0.29, 0.717) is 40.7 Å². The van der Waals surface area contributed by atoms with Crippen molar-refractivity contribution in [3.05, 3.63) is 311 Å². The van der Waals surface area contributed by atoms with Crippen LogP contribution in [0.1, 0.15) is 141 Å². The number of ether oxygens (including phenoxy) is 10. The van der Waals surface area contributed by atoms with Crippen LogP contribution < -0.4 is 16.0 Å². The summed E-state index contributed by atoms with van der Waals surface area (Å²) >= 11 is 0. The summed E-state index contributed by atoms with van der Waals surface area (Å²) < 4.78 is 56.5. The zero-order valence-electron chi connectivity index (χ0n) is 65.7. The molecule has 0 aliphatic heterocycles. The molecule has 26 heteroatoms. The van der Waals surface area contributed by atoms with E-state index in [1.165, 1.54) is 48.5 Å². The minimum atomic E-state index is -2.17. The molecule has 6 atom stereocenters. The molecule has 10 aromatic carbocycles. The standard InChI is InChI=1S/C94H91N3O23/c98-75(53-25-8-32-56-95-85(101)78-73-51-30-28-49-71(73)59-72-50-29-31-52-74(72)78)115-79(86(102)96-57-33-9-26-54-76(99)116-81(91(107)111-60-64-35-11-1-12-36-64)83(119-89(105)69-45-21-6-22-46-69)93(109)113-62-66-39-15-3-16-40-66)80(118-88(104)68-43-19-5-20-44-68)87(103)97-58-34-10-27-55-77(100)117-82(92(108)112-61-65-37-13-2-14-38-65)84(120-90(106)70-47-23-7-24-48-70)94(110)114-63-67-41-17-4-18-42-67/h1-7,11-24,28-31,35-52,59,79-84H,8-10,25-27,32-34,53-58,60-63H2,(H,95,101)(H,96,102)(H,97,103)/t79-,80-,81-,82-,83-,84-/m1/s1. The zero-order valence-corrected chi connectivity index (χ0v) is 65.7. The van der Waals surface area contributed by atoms with E-state index >= 15 is 0 Å². The maximum absolute atomic E-state index is 14.7. The third-order valence-electron chi connectivity index (χ3n) is 18.7. The second kappa shape index (κ2) is 47.1. The molecule has 0 heterocycles. The molecule has 0 radical (unpaired) electrons. The number of hydrogen-bond donors (Lipinski definition) is 3. The number of benzene rings is 10. The van der Waals surface area contributed by atoms with Gasteiger partial charge in [0, 0.05) is 38.9 Å². The lowest BCUT2D eigenvalue weighted by Gasteiger charge is -2.26. The smallest absolute Gasteiger partial charge is 0.352 e. The largest absolute Gasteiger partial charge is 0.458 e. The van der Waals surface area contributed by atoms with Crippen LogP contribution >= 0.6 is 0 Å². The van der Waals surface area contributed by atoms with Crippen molar-refractivity contribution in [1.82, 2.24) is 16.0 Å². The van der Waals surface area contributed by atoms with Crippen LogP contribution in [0.3, 0.4) is 0 Å². The summed E-state index contributed by atoms with van der Waals surface area (Å²) in [5.74, 6) is -13.5. The van der Waals surface area contributed by atoms with Crippen molar-refractivity contribution in [2.75, 3.05) is 19.6 Å². The predicted molar refractivity (Wildman–Crippen MR) is 437 cm³/mol. The van der Waals surface area contributed by atoms with Crippen molar-refractivity contribution in [2.45, 2.75) is 140 Å². The number of hydrogen-bond acceptors (Lipinski definition) is 23. The molecule has 0 saturated heterocycles. The fraction of sp³-hybridized carbons (Fsp3) is 0.266. The van der Waals surface area contributed by atoms with Gasteiger partial charge in [-0.3, -0.25) is 28.8 Å². The van der Waals surface area contributed by atoms with Gasteiger partial charge in [0.2, 0.25) is 36.6 Å². The first kappa shape index (κ1) is 88.2. The molecular weight excluding hydrogens is 1540 g/mol. The van der Waals surface area contributed by atoms with Crippen molar-refractivity contribution >= 4 is 99.0 Å².